The number of aromatic nitrogens is 2. The van der Waals surface area contributed by atoms with Crippen molar-refractivity contribution in [1.29, 1.82) is 0 Å². The molecule has 1 atom stereocenters. The molecule has 0 fully saturated rings. The fraction of sp³-hybridized carbons (Fsp3) is 0.333. The lowest BCUT2D eigenvalue weighted by atomic mass is 10.2. The third-order valence-corrected chi connectivity index (χ3v) is 2.66. The lowest BCUT2D eigenvalue weighted by Crippen LogP contribution is -2.33. The van der Waals surface area contributed by atoms with Crippen LogP contribution in [0.3, 0.4) is 0 Å². The number of para-hydroxylation sites is 1. The van der Waals surface area contributed by atoms with Crippen LogP contribution in [-0.4, -0.2) is 28.0 Å². The molecular formula is C12H15N3O3. The summed E-state index contributed by atoms with van der Waals surface area (Å²) >= 11 is 0. The molecule has 0 spiro atoms. The van der Waals surface area contributed by atoms with Gasteiger partial charge in [0.2, 0.25) is 0 Å². The quantitative estimate of drug-likeness (QED) is 0.754. The van der Waals surface area contributed by atoms with Crippen LogP contribution in [0.2, 0.25) is 0 Å². The molecule has 0 aliphatic heterocycles. The SMILES string of the molecule is C[C@H](OCCO)c1nc2ccccc2c(=O)n1N. The fourth-order valence-electron chi connectivity index (χ4n) is 1.75. The minimum Gasteiger partial charge on any atom is -0.394 e. The third kappa shape index (κ3) is 2.20. The van der Waals surface area contributed by atoms with Crippen molar-refractivity contribution >= 4 is 10.9 Å². The van der Waals surface area contributed by atoms with E-state index in [1.807, 2.05) is 0 Å². The molecule has 2 aromatic rings. The van der Waals surface area contributed by atoms with Gasteiger partial charge >= 0.3 is 0 Å². The number of aliphatic hydroxyl groups is 1. The molecule has 0 unspecified atom stereocenters. The topological polar surface area (TPSA) is 90.4 Å². The van der Waals surface area contributed by atoms with Gasteiger partial charge in [0, 0.05) is 0 Å². The normalized spacial score (nSPS) is 12.8. The molecule has 2 rings (SSSR count). The van der Waals surface area contributed by atoms with Crippen molar-refractivity contribution in [3.05, 3.63) is 40.4 Å². The summed E-state index contributed by atoms with van der Waals surface area (Å²) in [6.07, 6.45) is -0.459. The van der Waals surface area contributed by atoms with Crippen molar-refractivity contribution in [2.45, 2.75) is 13.0 Å². The van der Waals surface area contributed by atoms with Crippen LogP contribution in [0.1, 0.15) is 18.9 Å². The van der Waals surface area contributed by atoms with Gasteiger partial charge in [-0.1, -0.05) is 12.1 Å². The van der Waals surface area contributed by atoms with Crippen molar-refractivity contribution in [2.75, 3.05) is 19.1 Å². The standard InChI is InChI=1S/C12H15N3O3/c1-8(18-7-6-16)11-14-10-5-3-2-4-9(10)12(17)15(11)13/h2-5,8,16H,6-7,13H2,1H3/t8-/m0/s1. The first-order valence-corrected chi connectivity index (χ1v) is 5.64. The van der Waals surface area contributed by atoms with E-state index in [0.717, 1.165) is 4.68 Å². The summed E-state index contributed by atoms with van der Waals surface area (Å²) in [5, 5.41) is 9.18. The second-order valence-corrected chi connectivity index (χ2v) is 3.90. The molecule has 1 aromatic carbocycles. The molecule has 0 aliphatic carbocycles. The van der Waals surface area contributed by atoms with E-state index < -0.39 is 6.10 Å². The van der Waals surface area contributed by atoms with Gasteiger partial charge in [0.25, 0.3) is 5.56 Å². The highest BCUT2D eigenvalue weighted by atomic mass is 16.5. The van der Waals surface area contributed by atoms with E-state index >= 15 is 0 Å². The van der Waals surface area contributed by atoms with Gasteiger partial charge in [-0.3, -0.25) is 4.79 Å². The summed E-state index contributed by atoms with van der Waals surface area (Å²) in [7, 11) is 0. The lowest BCUT2D eigenvalue weighted by molar-refractivity contribution is 0.0321. The molecule has 0 aliphatic rings. The minimum absolute atomic E-state index is 0.0906. The van der Waals surface area contributed by atoms with E-state index in [4.69, 9.17) is 15.7 Å². The molecule has 0 radical (unpaired) electrons. The van der Waals surface area contributed by atoms with Gasteiger partial charge in [-0.2, -0.15) is 0 Å². The van der Waals surface area contributed by atoms with Crippen LogP contribution in [0, 0.1) is 0 Å². The average Bonchev–Trinajstić information content (AvgIpc) is 2.40. The smallest absolute Gasteiger partial charge is 0.279 e. The first kappa shape index (κ1) is 12.5. The van der Waals surface area contributed by atoms with Gasteiger partial charge < -0.3 is 15.7 Å². The van der Waals surface area contributed by atoms with E-state index in [9.17, 15) is 4.79 Å². The number of hydrogen-bond donors (Lipinski definition) is 2. The predicted octanol–water partition coefficient (Wildman–Crippen LogP) is 0.180. The van der Waals surface area contributed by atoms with E-state index in [-0.39, 0.29) is 18.8 Å². The lowest BCUT2D eigenvalue weighted by Gasteiger charge is -2.15. The van der Waals surface area contributed by atoms with Crippen LogP contribution in [0.5, 0.6) is 0 Å². The zero-order valence-electron chi connectivity index (χ0n) is 10.0. The third-order valence-electron chi connectivity index (χ3n) is 2.66. The molecule has 1 heterocycles. The number of hydrogen-bond acceptors (Lipinski definition) is 5. The zero-order valence-corrected chi connectivity index (χ0v) is 10.0. The van der Waals surface area contributed by atoms with Crippen molar-refractivity contribution in [3.63, 3.8) is 0 Å². The number of fused-ring (bicyclic) bond motifs is 1. The molecule has 1 aromatic heterocycles. The average molecular weight is 249 g/mol. The second-order valence-electron chi connectivity index (χ2n) is 3.90. The van der Waals surface area contributed by atoms with Crippen LogP contribution >= 0.6 is 0 Å². The highest BCUT2D eigenvalue weighted by molar-refractivity contribution is 5.77. The number of nitrogen functional groups attached to an aromatic ring is 1. The van der Waals surface area contributed by atoms with Crippen molar-refractivity contribution in [2.24, 2.45) is 0 Å². The number of rotatable bonds is 4. The maximum atomic E-state index is 12.0. The zero-order chi connectivity index (χ0) is 13.1. The summed E-state index contributed by atoms with van der Waals surface area (Å²) in [6.45, 7) is 1.81. The van der Waals surface area contributed by atoms with E-state index in [2.05, 4.69) is 4.98 Å². The largest absolute Gasteiger partial charge is 0.394 e. The Kier molecular flexibility index (Phi) is 3.59. The molecule has 18 heavy (non-hydrogen) atoms. The first-order chi connectivity index (χ1) is 8.65. The van der Waals surface area contributed by atoms with Gasteiger partial charge in [0.05, 0.1) is 24.1 Å². The minimum atomic E-state index is -0.459. The molecule has 96 valence electrons. The number of nitrogens with zero attached hydrogens (tertiary/aromatic N) is 2. The van der Waals surface area contributed by atoms with E-state index in [0.29, 0.717) is 16.7 Å². The Bertz CT molecular complexity index is 609. The Morgan fingerprint density at radius 2 is 2.22 bits per heavy atom. The molecule has 3 N–H and O–H groups in total. The first-order valence-electron chi connectivity index (χ1n) is 5.64. The summed E-state index contributed by atoms with van der Waals surface area (Å²) < 4.78 is 6.30. The maximum Gasteiger partial charge on any atom is 0.279 e. The van der Waals surface area contributed by atoms with Gasteiger partial charge in [0.15, 0.2) is 5.82 Å². The highest BCUT2D eigenvalue weighted by Gasteiger charge is 2.15. The van der Waals surface area contributed by atoms with Gasteiger partial charge in [-0.15, -0.1) is 0 Å². The molecule has 0 amide bonds. The Morgan fingerprint density at radius 1 is 1.50 bits per heavy atom. The summed E-state index contributed by atoms with van der Waals surface area (Å²) in [4.78, 5) is 16.3. The van der Waals surface area contributed by atoms with Crippen molar-refractivity contribution in [3.8, 4) is 0 Å². The van der Waals surface area contributed by atoms with E-state index in [1.165, 1.54) is 0 Å². The molecule has 6 heteroatoms. The van der Waals surface area contributed by atoms with Crippen LogP contribution in [0.25, 0.3) is 10.9 Å². The second kappa shape index (κ2) is 5.16. The monoisotopic (exact) mass is 249 g/mol. The summed E-state index contributed by atoms with van der Waals surface area (Å²) in [6, 6.07) is 6.99. The molecule has 6 nitrogen and oxygen atoms in total. The van der Waals surface area contributed by atoms with Crippen LogP contribution in [0.4, 0.5) is 0 Å². The number of ether oxygens (including phenoxy) is 1. The Morgan fingerprint density at radius 3 is 2.94 bits per heavy atom. The van der Waals surface area contributed by atoms with Crippen LogP contribution in [0.15, 0.2) is 29.1 Å². The summed E-state index contributed by atoms with van der Waals surface area (Å²) in [5.41, 5.74) is 0.272. The van der Waals surface area contributed by atoms with Gasteiger partial charge in [-0.05, 0) is 19.1 Å². The van der Waals surface area contributed by atoms with Crippen LogP contribution in [-0.2, 0) is 4.74 Å². The Hall–Kier alpha value is -1.92. The summed E-state index contributed by atoms with van der Waals surface area (Å²) in [5.74, 6) is 6.06. The highest BCUT2D eigenvalue weighted by Crippen LogP contribution is 2.14. The number of nitrogens with two attached hydrogens (primary N) is 1. The molecule has 0 saturated heterocycles. The number of aliphatic hydroxyl groups excluding tert-OH is 1. The van der Waals surface area contributed by atoms with Crippen LogP contribution < -0.4 is 11.4 Å². The molecule has 0 saturated carbocycles. The molecular weight excluding hydrogens is 234 g/mol. The Balaban J connectivity index is 2.51. The molecule has 0 bridgehead atoms. The maximum absolute atomic E-state index is 12.0. The predicted molar refractivity (Wildman–Crippen MR) is 67.6 cm³/mol. The van der Waals surface area contributed by atoms with Crippen molar-refractivity contribution < 1.29 is 9.84 Å². The van der Waals surface area contributed by atoms with Gasteiger partial charge in [-0.25, -0.2) is 9.66 Å². The van der Waals surface area contributed by atoms with Gasteiger partial charge in [0.1, 0.15) is 6.10 Å². The number of benzene rings is 1. The fourth-order valence-corrected chi connectivity index (χ4v) is 1.75. The Labute approximate surface area is 104 Å². The van der Waals surface area contributed by atoms with Crippen molar-refractivity contribution in [1.82, 2.24) is 9.66 Å². The van der Waals surface area contributed by atoms with E-state index in [1.54, 1.807) is 31.2 Å².